The first-order valence-electron chi connectivity index (χ1n) is 5.41. The highest BCUT2D eigenvalue weighted by Gasteiger charge is 2.09. The first-order valence-corrected chi connectivity index (χ1v) is 5.41. The van der Waals surface area contributed by atoms with E-state index >= 15 is 0 Å². The Labute approximate surface area is 109 Å². The molecular weight excluding hydrogens is 240 g/mol. The fourth-order valence-corrected chi connectivity index (χ4v) is 1.48. The third kappa shape index (κ3) is 2.74. The van der Waals surface area contributed by atoms with Gasteiger partial charge in [-0.15, -0.1) is 0 Å². The van der Waals surface area contributed by atoms with E-state index in [0.29, 0.717) is 16.8 Å². The molecule has 0 unspecified atom stereocenters. The number of hydrogen-bond acceptors (Lipinski definition) is 4. The van der Waals surface area contributed by atoms with E-state index < -0.39 is 0 Å². The van der Waals surface area contributed by atoms with E-state index in [1.165, 1.54) is 18.3 Å². The van der Waals surface area contributed by atoms with Crippen molar-refractivity contribution in [3.05, 3.63) is 59.4 Å². The van der Waals surface area contributed by atoms with Crippen LogP contribution in [-0.4, -0.2) is 10.9 Å². The van der Waals surface area contributed by atoms with E-state index in [4.69, 9.17) is 10.5 Å². The number of amides is 1. The number of nitrogens with zero attached hydrogens (tertiary/aromatic N) is 3. The summed E-state index contributed by atoms with van der Waals surface area (Å²) in [5, 5.41) is 20.2. The number of carbonyl (C=O) groups is 1. The van der Waals surface area contributed by atoms with Crippen LogP contribution >= 0.6 is 0 Å². The largest absolute Gasteiger partial charge is 0.321 e. The van der Waals surface area contributed by atoms with Gasteiger partial charge < -0.3 is 5.32 Å². The van der Waals surface area contributed by atoms with Crippen LogP contribution in [0.2, 0.25) is 0 Å². The molecule has 1 aromatic carbocycles. The maximum absolute atomic E-state index is 11.9. The molecule has 0 aliphatic rings. The van der Waals surface area contributed by atoms with Gasteiger partial charge in [-0.2, -0.15) is 10.5 Å². The third-order valence-corrected chi connectivity index (χ3v) is 2.44. The van der Waals surface area contributed by atoms with E-state index in [1.807, 2.05) is 12.1 Å². The molecule has 5 nitrogen and oxygen atoms in total. The zero-order valence-corrected chi connectivity index (χ0v) is 9.79. The Morgan fingerprint density at radius 2 is 1.89 bits per heavy atom. The van der Waals surface area contributed by atoms with Crippen molar-refractivity contribution in [3.63, 3.8) is 0 Å². The quantitative estimate of drug-likeness (QED) is 0.880. The van der Waals surface area contributed by atoms with Gasteiger partial charge in [0.05, 0.1) is 16.8 Å². The van der Waals surface area contributed by atoms with E-state index in [1.54, 1.807) is 24.3 Å². The van der Waals surface area contributed by atoms with Crippen molar-refractivity contribution in [2.24, 2.45) is 0 Å². The summed E-state index contributed by atoms with van der Waals surface area (Å²) in [6, 6.07) is 13.6. The molecule has 1 amide bonds. The summed E-state index contributed by atoms with van der Waals surface area (Å²) in [6.45, 7) is 0. The summed E-state index contributed by atoms with van der Waals surface area (Å²) in [7, 11) is 0. The van der Waals surface area contributed by atoms with Gasteiger partial charge in [0.25, 0.3) is 5.91 Å². The minimum absolute atomic E-state index is 0.244. The lowest BCUT2D eigenvalue weighted by molar-refractivity contribution is 0.102. The first-order chi connectivity index (χ1) is 9.24. The molecular formula is C14H8N4O. The number of nitriles is 2. The van der Waals surface area contributed by atoms with Gasteiger partial charge in [0.15, 0.2) is 0 Å². The summed E-state index contributed by atoms with van der Waals surface area (Å²) in [4.78, 5) is 15.8. The topological polar surface area (TPSA) is 89.6 Å². The highest BCUT2D eigenvalue weighted by molar-refractivity contribution is 6.04. The van der Waals surface area contributed by atoms with Crippen molar-refractivity contribution >= 4 is 11.6 Å². The van der Waals surface area contributed by atoms with Crippen LogP contribution in [0.25, 0.3) is 0 Å². The molecule has 1 N–H and O–H groups in total. The molecule has 0 atom stereocenters. The molecule has 0 saturated carbocycles. The van der Waals surface area contributed by atoms with Gasteiger partial charge in [-0.25, -0.2) is 4.98 Å². The van der Waals surface area contributed by atoms with Crippen LogP contribution in [0, 0.1) is 22.7 Å². The molecule has 0 aliphatic heterocycles. The van der Waals surface area contributed by atoms with Gasteiger partial charge in [0.1, 0.15) is 17.8 Å². The van der Waals surface area contributed by atoms with Gasteiger partial charge in [-0.1, -0.05) is 12.1 Å². The van der Waals surface area contributed by atoms with Crippen LogP contribution < -0.4 is 5.32 Å². The average molecular weight is 248 g/mol. The smallest absolute Gasteiger partial charge is 0.257 e. The van der Waals surface area contributed by atoms with Crippen molar-refractivity contribution in [2.45, 2.75) is 0 Å². The summed E-state index contributed by atoms with van der Waals surface area (Å²) in [5.74, 6) is -0.375. The zero-order valence-electron chi connectivity index (χ0n) is 9.79. The summed E-state index contributed by atoms with van der Waals surface area (Å²) in [5.41, 5.74) is 1.40. The highest BCUT2D eigenvalue weighted by Crippen LogP contribution is 2.14. The molecule has 0 radical (unpaired) electrons. The molecule has 0 saturated heterocycles. The second kappa shape index (κ2) is 5.44. The molecule has 1 aromatic heterocycles. The second-order valence-electron chi connectivity index (χ2n) is 3.66. The van der Waals surface area contributed by atoms with Crippen LogP contribution in [-0.2, 0) is 0 Å². The van der Waals surface area contributed by atoms with Crippen molar-refractivity contribution < 1.29 is 4.79 Å². The number of anilines is 1. The van der Waals surface area contributed by atoms with Gasteiger partial charge in [0, 0.05) is 6.20 Å². The van der Waals surface area contributed by atoms with Crippen LogP contribution in [0.5, 0.6) is 0 Å². The summed E-state index contributed by atoms with van der Waals surface area (Å²) < 4.78 is 0. The third-order valence-electron chi connectivity index (χ3n) is 2.44. The van der Waals surface area contributed by atoms with E-state index in [-0.39, 0.29) is 11.6 Å². The molecule has 90 valence electrons. The van der Waals surface area contributed by atoms with Gasteiger partial charge in [-0.05, 0) is 24.3 Å². The predicted molar refractivity (Wildman–Crippen MR) is 68.1 cm³/mol. The molecule has 0 spiro atoms. The molecule has 5 heteroatoms. The molecule has 2 rings (SSSR count). The Hall–Kier alpha value is -3.18. The number of pyridine rings is 1. The van der Waals surface area contributed by atoms with E-state index in [0.717, 1.165) is 0 Å². The number of carbonyl (C=O) groups excluding carboxylic acids is 1. The Bertz CT molecular complexity index is 693. The average Bonchev–Trinajstić information content (AvgIpc) is 2.48. The molecule has 1 heterocycles. The number of aromatic nitrogens is 1. The maximum Gasteiger partial charge on any atom is 0.257 e. The first kappa shape index (κ1) is 12.3. The standard InChI is InChI=1S/C14H8N4O/c15-7-10-3-1-2-4-13(10)18-14(19)11-5-6-12(8-16)17-9-11/h1-6,9H,(H,18,19). The lowest BCUT2D eigenvalue weighted by Gasteiger charge is -2.06. The number of para-hydroxylation sites is 1. The normalized spacial score (nSPS) is 9.16. The summed E-state index contributed by atoms with van der Waals surface area (Å²) in [6.07, 6.45) is 1.32. The highest BCUT2D eigenvalue weighted by atomic mass is 16.1. The Kier molecular flexibility index (Phi) is 3.51. The predicted octanol–water partition coefficient (Wildman–Crippen LogP) is 2.08. The van der Waals surface area contributed by atoms with Crippen molar-refractivity contribution in [1.82, 2.24) is 4.98 Å². The minimum atomic E-state index is -0.375. The number of nitrogens with one attached hydrogen (secondary N) is 1. The summed E-state index contributed by atoms with van der Waals surface area (Å²) >= 11 is 0. The second-order valence-corrected chi connectivity index (χ2v) is 3.66. The molecule has 19 heavy (non-hydrogen) atoms. The fourth-order valence-electron chi connectivity index (χ4n) is 1.48. The molecule has 0 fully saturated rings. The SMILES string of the molecule is N#Cc1ccc(C(=O)Nc2ccccc2C#N)cn1. The van der Waals surface area contributed by atoms with E-state index in [2.05, 4.69) is 10.3 Å². The van der Waals surface area contributed by atoms with Gasteiger partial charge >= 0.3 is 0 Å². The number of hydrogen-bond donors (Lipinski definition) is 1. The molecule has 2 aromatic rings. The van der Waals surface area contributed by atoms with E-state index in [9.17, 15) is 4.79 Å². The molecule has 0 bridgehead atoms. The zero-order chi connectivity index (χ0) is 13.7. The Balaban J connectivity index is 2.21. The monoisotopic (exact) mass is 248 g/mol. The van der Waals surface area contributed by atoms with Crippen LogP contribution in [0.3, 0.4) is 0 Å². The maximum atomic E-state index is 11.9. The molecule has 0 aliphatic carbocycles. The van der Waals surface area contributed by atoms with Crippen LogP contribution in [0.4, 0.5) is 5.69 Å². The van der Waals surface area contributed by atoms with Crippen molar-refractivity contribution in [3.8, 4) is 12.1 Å². The fraction of sp³-hybridized carbons (Fsp3) is 0. The van der Waals surface area contributed by atoms with Crippen molar-refractivity contribution in [1.29, 1.82) is 10.5 Å². The van der Waals surface area contributed by atoms with Crippen LogP contribution in [0.1, 0.15) is 21.6 Å². The van der Waals surface area contributed by atoms with Crippen LogP contribution in [0.15, 0.2) is 42.6 Å². The van der Waals surface area contributed by atoms with Gasteiger partial charge in [0.2, 0.25) is 0 Å². The number of rotatable bonds is 2. The Morgan fingerprint density at radius 3 is 2.53 bits per heavy atom. The lowest BCUT2D eigenvalue weighted by atomic mass is 10.2. The Morgan fingerprint density at radius 1 is 1.11 bits per heavy atom. The van der Waals surface area contributed by atoms with Gasteiger partial charge in [-0.3, -0.25) is 4.79 Å². The lowest BCUT2D eigenvalue weighted by Crippen LogP contribution is -2.13. The number of benzene rings is 1. The van der Waals surface area contributed by atoms with Crippen molar-refractivity contribution in [2.75, 3.05) is 5.32 Å². The minimum Gasteiger partial charge on any atom is -0.321 e.